The van der Waals surface area contributed by atoms with Crippen molar-refractivity contribution >= 4 is 16.5 Å². The van der Waals surface area contributed by atoms with Crippen molar-refractivity contribution in [2.24, 2.45) is 0 Å². The molecular formula is C12H16N4O2S. The molecule has 1 aromatic carbocycles. The molecule has 0 spiro atoms. The van der Waals surface area contributed by atoms with Gasteiger partial charge in [0.15, 0.2) is 0 Å². The molecule has 1 unspecified atom stereocenters. The molecule has 2 aromatic rings. The van der Waals surface area contributed by atoms with Gasteiger partial charge in [-0.25, -0.2) is 9.67 Å². The fourth-order valence-corrected chi connectivity index (χ4v) is 2.93. The Balaban J connectivity index is 2.25. The molecule has 102 valence electrons. The van der Waals surface area contributed by atoms with Gasteiger partial charge in [0.2, 0.25) is 0 Å². The van der Waals surface area contributed by atoms with Gasteiger partial charge in [-0.2, -0.15) is 5.10 Å². The molecule has 0 amide bonds. The normalized spacial score (nSPS) is 12.3. The number of hydrogen-bond acceptors (Lipinski definition) is 5. The fourth-order valence-electron chi connectivity index (χ4n) is 1.73. The van der Waals surface area contributed by atoms with Gasteiger partial charge in [-0.15, -0.1) is 0 Å². The number of ether oxygens (including phenoxy) is 1. The van der Waals surface area contributed by atoms with Gasteiger partial charge in [-0.05, 0) is 19.1 Å². The van der Waals surface area contributed by atoms with Crippen LogP contribution in [0.25, 0.3) is 0 Å². The van der Waals surface area contributed by atoms with Gasteiger partial charge in [0.25, 0.3) is 0 Å². The van der Waals surface area contributed by atoms with Crippen LogP contribution in [-0.4, -0.2) is 26.1 Å². The van der Waals surface area contributed by atoms with Gasteiger partial charge < -0.3 is 10.5 Å². The van der Waals surface area contributed by atoms with Crippen molar-refractivity contribution in [3.8, 4) is 5.75 Å². The molecule has 0 radical (unpaired) electrons. The molecule has 1 atom stereocenters. The summed E-state index contributed by atoms with van der Waals surface area (Å²) in [6.07, 6.45) is 1.47. The highest BCUT2D eigenvalue weighted by Gasteiger charge is 2.14. The fraction of sp³-hybridized carbons (Fsp3) is 0.333. The summed E-state index contributed by atoms with van der Waals surface area (Å²) < 4.78 is 19.3. The third kappa shape index (κ3) is 2.93. The monoisotopic (exact) mass is 280 g/mol. The minimum Gasteiger partial charge on any atom is -0.495 e. The lowest BCUT2D eigenvalue weighted by Gasteiger charge is -2.09. The number of nitrogens with zero attached hydrogens (tertiary/aromatic N) is 3. The smallest absolute Gasteiger partial charge is 0.139 e. The minimum absolute atomic E-state index is 0.300. The molecule has 0 bridgehead atoms. The average Bonchev–Trinajstić information content (AvgIpc) is 2.85. The van der Waals surface area contributed by atoms with E-state index in [-0.39, 0.29) is 0 Å². The van der Waals surface area contributed by atoms with E-state index in [0.717, 1.165) is 0 Å². The molecule has 1 heterocycles. The lowest BCUT2D eigenvalue weighted by atomic mass is 10.3. The Hall–Kier alpha value is -1.89. The van der Waals surface area contributed by atoms with E-state index in [1.807, 2.05) is 6.92 Å². The van der Waals surface area contributed by atoms with Crippen molar-refractivity contribution in [3.05, 3.63) is 30.4 Å². The van der Waals surface area contributed by atoms with Crippen LogP contribution in [0.4, 0.5) is 5.69 Å². The summed E-state index contributed by atoms with van der Waals surface area (Å²) in [5.74, 6) is 1.52. The van der Waals surface area contributed by atoms with E-state index >= 15 is 0 Å². The van der Waals surface area contributed by atoms with E-state index in [1.165, 1.54) is 13.4 Å². The van der Waals surface area contributed by atoms with Crippen LogP contribution in [0.15, 0.2) is 29.4 Å². The van der Waals surface area contributed by atoms with Gasteiger partial charge in [0, 0.05) is 18.3 Å². The highest BCUT2D eigenvalue weighted by molar-refractivity contribution is 7.84. The second-order valence-electron chi connectivity index (χ2n) is 3.89. The van der Waals surface area contributed by atoms with E-state index in [1.54, 1.807) is 22.9 Å². The maximum absolute atomic E-state index is 12.4. The van der Waals surface area contributed by atoms with E-state index in [2.05, 4.69) is 10.1 Å². The zero-order valence-corrected chi connectivity index (χ0v) is 11.7. The predicted molar refractivity (Wildman–Crippen MR) is 73.2 cm³/mol. The summed E-state index contributed by atoms with van der Waals surface area (Å²) in [5.41, 5.74) is 6.26. The topological polar surface area (TPSA) is 83.0 Å². The summed E-state index contributed by atoms with van der Waals surface area (Å²) in [7, 11) is 0.284. The van der Waals surface area contributed by atoms with E-state index in [4.69, 9.17) is 10.5 Å². The Kier molecular flexibility index (Phi) is 4.16. The standard InChI is InChI=1S/C12H16N4O2S/c1-3-16-12(14-8-15-16)7-19(17)11-5-4-9(13)6-10(11)18-2/h4-6,8H,3,7,13H2,1-2H3. The Labute approximate surface area is 114 Å². The van der Waals surface area contributed by atoms with Gasteiger partial charge in [0.1, 0.15) is 17.9 Å². The molecule has 2 N–H and O–H groups in total. The molecule has 2 rings (SSSR count). The third-order valence-electron chi connectivity index (χ3n) is 2.69. The summed E-state index contributed by atoms with van der Waals surface area (Å²) in [4.78, 5) is 4.73. The molecule has 0 saturated carbocycles. The lowest BCUT2D eigenvalue weighted by Crippen LogP contribution is -2.08. The Morgan fingerprint density at radius 1 is 1.47 bits per heavy atom. The number of benzene rings is 1. The van der Waals surface area contributed by atoms with Crippen LogP contribution in [-0.2, 0) is 23.1 Å². The number of methoxy groups -OCH3 is 1. The van der Waals surface area contributed by atoms with Crippen LogP contribution in [0.3, 0.4) is 0 Å². The molecule has 19 heavy (non-hydrogen) atoms. The van der Waals surface area contributed by atoms with Crippen molar-refractivity contribution in [2.75, 3.05) is 12.8 Å². The van der Waals surface area contributed by atoms with Crippen molar-refractivity contribution in [1.82, 2.24) is 14.8 Å². The van der Waals surface area contributed by atoms with Crippen LogP contribution < -0.4 is 10.5 Å². The Morgan fingerprint density at radius 3 is 2.95 bits per heavy atom. The SMILES string of the molecule is CCn1ncnc1CS(=O)c1ccc(N)cc1OC. The summed E-state index contributed by atoms with van der Waals surface area (Å²) >= 11 is 0. The number of nitrogens with two attached hydrogens (primary N) is 1. The molecular weight excluding hydrogens is 264 g/mol. The third-order valence-corrected chi connectivity index (χ3v) is 4.04. The van der Waals surface area contributed by atoms with E-state index in [0.29, 0.717) is 34.5 Å². The Bertz CT molecular complexity index is 597. The number of rotatable bonds is 5. The lowest BCUT2D eigenvalue weighted by molar-refractivity contribution is 0.404. The van der Waals surface area contributed by atoms with Crippen molar-refractivity contribution in [2.45, 2.75) is 24.1 Å². The highest BCUT2D eigenvalue weighted by atomic mass is 32.2. The average molecular weight is 280 g/mol. The maximum Gasteiger partial charge on any atom is 0.139 e. The summed E-state index contributed by atoms with van der Waals surface area (Å²) in [6.45, 7) is 2.66. The van der Waals surface area contributed by atoms with Crippen molar-refractivity contribution < 1.29 is 8.95 Å². The molecule has 6 nitrogen and oxygen atoms in total. The number of aryl methyl sites for hydroxylation is 1. The van der Waals surface area contributed by atoms with Gasteiger partial charge >= 0.3 is 0 Å². The van der Waals surface area contributed by atoms with Crippen LogP contribution >= 0.6 is 0 Å². The van der Waals surface area contributed by atoms with Crippen LogP contribution in [0, 0.1) is 0 Å². The highest BCUT2D eigenvalue weighted by Crippen LogP contribution is 2.26. The Morgan fingerprint density at radius 2 is 2.26 bits per heavy atom. The van der Waals surface area contributed by atoms with E-state index < -0.39 is 10.8 Å². The number of hydrogen-bond donors (Lipinski definition) is 1. The summed E-state index contributed by atoms with van der Waals surface area (Å²) in [6, 6.07) is 5.09. The summed E-state index contributed by atoms with van der Waals surface area (Å²) in [5, 5.41) is 4.06. The molecule has 7 heteroatoms. The first-order valence-corrected chi connectivity index (χ1v) is 7.16. The van der Waals surface area contributed by atoms with Gasteiger partial charge in [0.05, 0.1) is 28.6 Å². The van der Waals surface area contributed by atoms with Gasteiger partial charge in [-0.3, -0.25) is 4.21 Å². The number of anilines is 1. The van der Waals surface area contributed by atoms with Crippen molar-refractivity contribution in [1.29, 1.82) is 0 Å². The zero-order valence-electron chi connectivity index (χ0n) is 10.9. The van der Waals surface area contributed by atoms with Gasteiger partial charge in [-0.1, -0.05) is 0 Å². The molecule has 0 aliphatic rings. The number of aromatic nitrogens is 3. The first-order valence-electron chi connectivity index (χ1n) is 5.84. The predicted octanol–water partition coefficient (Wildman–Crippen LogP) is 1.20. The minimum atomic E-state index is -1.25. The maximum atomic E-state index is 12.4. The molecule has 1 aromatic heterocycles. The largest absolute Gasteiger partial charge is 0.495 e. The van der Waals surface area contributed by atoms with Crippen LogP contribution in [0.1, 0.15) is 12.7 Å². The second-order valence-corrected chi connectivity index (χ2v) is 5.31. The molecule has 0 aliphatic carbocycles. The molecule has 0 fully saturated rings. The second kappa shape index (κ2) is 5.83. The van der Waals surface area contributed by atoms with E-state index in [9.17, 15) is 4.21 Å². The molecule has 0 saturated heterocycles. The quantitative estimate of drug-likeness (QED) is 0.832. The first kappa shape index (κ1) is 13.5. The van der Waals surface area contributed by atoms with Crippen LogP contribution in [0.2, 0.25) is 0 Å². The number of nitrogen functional groups attached to an aromatic ring is 1. The molecule has 0 aliphatic heterocycles. The van der Waals surface area contributed by atoms with Crippen LogP contribution in [0.5, 0.6) is 5.75 Å². The first-order chi connectivity index (χ1) is 9.15. The van der Waals surface area contributed by atoms with Crippen molar-refractivity contribution in [3.63, 3.8) is 0 Å². The zero-order chi connectivity index (χ0) is 13.8.